The highest BCUT2D eigenvalue weighted by atomic mass is 35.5. The summed E-state index contributed by atoms with van der Waals surface area (Å²) in [4.78, 5) is 25.2. The summed E-state index contributed by atoms with van der Waals surface area (Å²) in [6.07, 6.45) is 2.61. The molecule has 152 valence electrons. The van der Waals surface area contributed by atoms with Gasteiger partial charge in [-0.25, -0.2) is 4.79 Å². The van der Waals surface area contributed by atoms with Gasteiger partial charge in [-0.05, 0) is 19.3 Å². The van der Waals surface area contributed by atoms with Crippen molar-refractivity contribution >= 4 is 24.3 Å². The standard InChI is InChI=1S/C19H26N6O2.ClH/c20-15(7-4-10-22-19(21)27)18(26)25-11-8-14-16(9-12-25)23-24-17(14)13-5-2-1-3-6-13;/h1-3,5-6,15H,4,7-12,20H2,(H,23,24)(H3,21,22,27);1H/t15-;/m0./s1. The van der Waals surface area contributed by atoms with Gasteiger partial charge in [0.2, 0.25) is 5.91 Å². The number of hydrogen-bond acceptors (Lipinski definition) is 4. The number of rotatable bonds is 6. The number of carbonyl (C=O) groups is 2. The van der Waals surface area contributed by atoms with Crippen LogP contribution in [0.5, 0.6) is 0 Å². The fourth-order valence-electron chi connectivity index (χ4n) is 3.43. The minimum absolute atomic E-state index is 0. The number of nitrogens with zero attached hydrogens (tertiary/aromatic N) is 2. The minimum atomic E-state index is -0.567. The quantitative estimate of drug-likeness (QED) is 0.537. The first-order valence-electron chi connectivity index (χ1n) is 9.25. The zero-order chi connectivity index (χ0) is 19.2. The van der Waals surface area contributed by atoms with Crippen LogP contribution in [0.4, 0.5) is 4.79 Å². The third-order valence-electron chi connectivity index (χ3n) is 4.88. The van der Waals surface area contributed by atoms with Gasteiger partial charge in [-0.2, -0.15) is 5.10 Å². The van der Waals surface area contributed by atoms with Crippen molar-refractivity contribution in [2.24, 2.45) is 11.5 Å². The van der Waals surface area contributed by atoms with E-state index >= 15 is 0 Å². The maximum Gasteiger partial charge on any atom is 0.312 e. The Morgan fingerprint density at radius 2 is 1.93 bits per heavy atom. The van der Waals surface area contributed by atoms with Crippen molar-refractivity contribution in [2.75, 3.05) is 19.6 Å². The number of amides is 3. The maximum absolute atomic E-state index is 12.7. The summed E-state index contributed by atoms with van der Waals surface area (Å²) in [5.74, 6) is -0.0477. The molecule has 0 bridgehead atoms. The lowest BCUT2D eigenvalue weighted by Crippen LogP contribution is -2.45. The van der Waals surface area contributed by atoms with E-state index in [0.29, 0.717) is 32.5 Å². The van der Waals surface area contributed by atoms with Crippen molar-refractivity contribution in [1.82, 2.24) is 20.4 Å². The van der Waals surface area contributed by atoms with Gasteiger partial charge in [-0.15, -0.1) is 12.4 Å². The maximum atomic E-state index is 12.7. The predicted octanol–water partition coefficient (Wildman–Crippen LogP) is 1.20. The number of nitrogens with two attached hydrogens (primary N) is 2. The molecule has 0 spiro atoms. The van der Waals surface area contributed by atoms with Gasteiger partial charge in [0, 0.05) is 42.9 Å². The van der Waals surface area contributed by atoms with Crippen LogP contribution in [-0.4, -0.2) is 52.7 Å². The Kier molecular flexibility index (Phi) is 7.83. The number of urea groups is 1. The molecule has 6 N–H and O–H groups in total. The summed E-state index contributed by atoms with van der Waals surface area (Å²) in [5, 5.41) is 10.1. The van der Waals surface area contributed by atoms with E-state index in [4.69, 9.17) is 11.5 Å². The van der Waals surface area contributed by atoms with Gasteiger partial charge in [-0.1, -0.05) is 30.3 Å². The van der Waals surface area contributed by atoms with Crippen molar-refractivity contribution in [3.63, 3.8) is 0 Å². The van der Waals surface area contributed by atoms with Crippen LogP contribution in [0, 0.1) is 0 Å². The Balaban J connectivity index is 0.00000280. The fraction of sp³-hybridized carbons (Fsp3) is 0.421. The van der Waals surface area contributed by atoms with Gasteiger partial charge in [0.25, 0.3) is 0 Å². The Bertz CT molecular complexity index is 795. The molecule has 3 rings (SSSR count). The Morgan fingerprint density at radius 3 is 2.64 bits per heavy atom. The monoisotopic (exact) mass is 406 g/mol. The number of hydrogen-bond donors (Lipinski definition) is 4. The van der Waals surface area contributed by atoms with Gasteiger partial charge >= 0.3 is 6.03 Å². The number of primary amides is 1. The summed E-state index contributed by atoms with van der Waals surface area (Å²) in [7, 11) is 0. The molecular weight excluding hydrogens is 380 g/mol. The summed E-state index contributed by atoms with van der Waals surface area (Å²) in [5.41, 5.74) is 15.4. The highest BCUT2D eigenvalue weighted by molar-refractivity contribution is 5.85. The molecule has 0 saturated carbocycles. The summed E-state index contributed by atoms with van der Waals surface area (Å²) in [6, 6.07) is 8.93. The summed E-state index contributed by atoms with van der Waals surface area (Å²) < 4.78 is 0. The normalized spacial score (nSPS) is 14.4. The molecule has 1 aliphatic rings. The highest BCUT2D eigenvalue weighted by Crippen LogP contribution is 2.26. The van der Waals surface area contributed by atoms with Crippen LogP contribution >= 0.6 is 12.4 Å². The van der Waals surface area contributed by atoms with E-state index in [1.807, 2.05) is 35.2 Å². The van der Waals surface area contributed by atoms with Crippen LogP contribution in [0.25, 0.3) is 11.3 Å². The molecule has 2 heterocycles. The molecule has 2 aromatic rings. The van der Waals surface area contributed by atoms with Crippen LogP contribution in [-0.2, 0) is 17.6 Å². The third kappa shape index (κ3) is 5.24. The molecule has 3 amide bonds. The number of aromatic amines is 1. The van der Waals surface area contributed by atoms with Crippen molar-refractivity contribution in [1.29, 1.82) is 0 Å². The van der Waals surface area contributed by atoms with E-state index in [1.165, 1.54) is 5.56 Å². The summed E-state index contributed by atoms with van der Waals surface area (Å²) >= 11 is 0. The lowest BCUT2D eigenvalue weighted by molar-refractivity contribution is -0.132. The van der Waals surface area contributed by atoms with Gasteiger partial charge < -0.3 is 21.7 Å². The summed E-state index contributed by atoms with van der Waals surface area (Å²) in [6.45, 7) is 1.67. The molecular formula is C19H27ClN6O2. The molecule has 1 aliphatic heterocycles. The molecule has 9 heteroatoms. The van der Waals surface area contributed by atoms with Crippen LogP contribution in [0.1, 0.15) is 24.1 Å². The first-order chi connectivity index (χ1) is 13.1. The SMILES string of the molecule is Cl.NC(=O)NCCC[C@H](N)C(=O)N1CCc2[nH]nc(-c3ccccc3)c2CC1. The van der Waals surface area contributed by atoms with E-state index in [2.05, 4.69) is 15.5 Å². The van der Waals surface area contributed by atoms with E-state index in [9.17, 15) is 9.59 Å². The van der Waals surface area contributed by atoms with Crippen molar-refractivity contribution in [3.8, 4) is 11.3 Å². The highest BCUT2D eigenvalue weighted by Gasteiger charge is 2.25. The van der Waals surface area contributed by atoms with E-state index < -0.39 is 12.1 Å². The number of halogens is 1. The average Bonchev–Trinajstić information content (AvgIpc) is 2.96. The molecule has 0 unspecified atom stereocenters. The van der Waals surface area contributed by atoms with Crippen LogP contribution in [0.3, 0.4) is 0 Å². The van der Waals surface area contributed by atoms with Crippen molar-refractivity contribution in [2.45, 2.75) is 31.7 Å². The largest absolute Gasteiger partial charge is 0.352 e. The van der Waals surface area contributed by atoms with Crippen molar-refractivity contribution < 1.29 is 9.59 Å². The first-order valence-corrected chi connectivity index (χ1v) is 9.25. The fourth-order valence-corrected chi connectivity index (χ4v) is 3.43. The van der Waals surface area contributed by atoms with E-state index in [0.717, 1.165) is 29.8 Å². The number of carbonyl (C=O) groups excluding carboxylic acids is 2. The van der Waals surface area contributed by atoms with Crippen LogP contribution in [0.2, 0.25) is 0 Å². The van der Waals surface area contributed by atoms with E-state index in [1.54, 1.807) is 0 Å². The molecule has 28 heavy (non-hydrogen) atoms. The lowest BCUT2D eigenvalue weighted by atomic mass is 10.0. The smallest absolute Gasteiger partial charge is 0.312 e. The number of fused-ring (bicyclic) bond motifs is 1. The van der Waals surface area contributed by atoms with Crippen LogP contribution < -0.4 is 16.8 Å². The third-order valence-corrected chi connectivity index (χ3v) is 4.88. The van der Waals surface area contributed by atoms with Gasteiger partial charge in [0.05, 0.1) is 11.7 Å². The number of benzene rings is 1. The molecule has 1 aromatic carbocycles. The molecule has 0 fully saturated rings. The molecule has 0 aliphatic carbocycles. The first kappa shape index (κ1) is 21.7. The Hall–Kier alpha value is -2.58. The number of H-pyrrole nitrogens is 1. The minimum Gasteiger partial charge on any atom is -0.352 e. The second kappa shape index (κ2) is 10.1. The molecule has 0 saturated heterocycles. The topological polar surface area (TPSA) is 130 Å². The number of aromatic nitrogens is 2. The second-order valence-corrected chi connectivity index (χ2v) is 6.76. The van der Waals surface area contributed by atoms with Gasteiger partial charge in [0.1, 0.15) is 0 Å². The zero-order valence-electron chi connectivity index (χ0n) is 15.7. The van der Waals surface area contributed by atoms with Gasteiger partial charge in [-0.3, -0.25) is 9.89 Å². The van der Waals surface area contributed by atoms with E-state index in [-0.39, 0.29) is 18.3 Å². The lowest BCUT2D eigenvalue weighted by Gasteiger charge is -2.24. The molecule has 1 aromatic heterocycles. The van der Waals surface area contributed by atoms with Gasteiger partial charge in [0.15, 0.2) is 0 Å². The Labute approximate surface area is 170 Å². The Morgan fingerprint density at radius 1 is 1.21 bits per heavy atom. The van der Waals surface area contributed by atoms with Crippen LogP contribution in [0.15, 0.2) is 30.3 Å². The van der Waals surface area contributed by atoms with Crippen molar-refractivity contribution in [3.05, 3.63) is 41.6 Å². The average molecular weight is 407 g/mol. The zero-order valence-corrected chi connectivity index (χ0v) is 16.5. The second-order valence-electron chi connectivity index (χ2n) is 6.76. The molecule has 1 atom stereocenters. The predicted molar refractivity (Wildman–Crippen MR) is 110 cm³/mol. The molecule has 0 radical (unpaired) electrons. The molecule has 8 nitrogen and oxygen atoms in total. The number of nitrogens with one attached hydrogen (secondary N) is 2.